The van der Waals surface area contributed by atoms with Gasteiger partial charge in [-0.05, 0) is 13.0 Å². The summed E-state index contributed by atoms with van der Waals surface area (Å²) in [5.41, 5.74) is 6.19. The molecular weight excluding hydrogens is 268 g/mol. The van der Waals surface area contributed by atoms with E-state index in [1.807, 2.05) is 0 Å². The van der Waals surface area contributed by atoms with Crippen LogP contribution in [0.2, 0.25) is 5.02 Å². The molecule has 0 spiro atoms. The van der Waals surface area contributed by atoms with Crippen LogP contribution in [0, 0.1) is 5.92 Å². The molecule has 2 atom stereocenters. The Morgan fingerprint density at radius 3 is 2.32 bits per heavy atom. The van der Waals surface area contributed by atoms with E-state index in [-0.39, 0.29) is 17.9 Å². The molecule has 0 aromatic heterocycles. The molecule has 1 aromatic rings. The number of methoxy groups -OCH3 is 2. The predicted molar refractivity (Wildman–Crippen MR) is 76.0 cm³/mol. The van der Waals surface area contributed by atoms with Crippen molar-refractivity contribution in [3.63, 3.8) is 0 Å². The van der Waals surface area contributed by atoms with E-state index in [4.69, 9.17) is 26.8 Å². The second-order valence-corrected chi connectivity index (χ2v) is 4.73. The molecule has 0 saturated carbocycles. The lowest BCUT2D eigenvalue weighted by Gasteiger charge is -2.17. The van der Waals surface area contributed by atoms with Crippen molar-refractivity contribution in [2.75, 3.05) is 19.5 Å². The normalized spacial score (nSPS) is 13.6. The number of halogens is 1. The smallest absolute Gasteiger partial charge is 0.228 e. The van der Waals surface area contributed by atoms with Gasteiger partial charge in [-0.1, -0.05) is 18.5 Å². The van der Waals surface area contributed by atoms with Crippen LogP contribution in [-0.4, -0.2) is 26.2 Å². The van der Waals surface area contributed by atoms with Gasteiger partial charge in [0.2, 0.25) is 5.91 Å². The second-order valence-electron chi connectivity index (χ2n) is 4.32. The van der Waals surface area contributed by atoms with E-state index >= 15 is 0 Å². The second kappa shape index (κ2) is 6.63. The Labute approximate surface area is 118 Å². The number of carbonyl (C=O) groups excluding carboxylic acids is 1. The van der Waals surface area contributed by atoms with Gasteiger partial charge in [-0.15, -0.1) is 0 Å². The molecule has 106 valence electrons. The van der Waals surface area contributed by atoms with Crippen LogP contribution in [0.25, 0.3) is 0 Å². The van der Waals surface area contributed by atoms with Gasteiger partial charge in [-0.2, -0.15) is 0 Å². The third-order valence-electron chi connectivity index (χ3n) is 2.93. The van der Waals surface area contributed by atoms with Gasteiger partial charge in [0, 0.05) is 12.1 Å². The SMILES string of the molecule is COc1cc(OC)c(NC(=O)C(C)C(C)N)cc1Cl. The highest BCUT2D eigenvalue weighted by Gasteiger charge is 2.19. The van der Waals surface area contributed by atoms with Gasteiger partial charge in [0.25, 0.3) is 0 Å². The van der Waals surface area contributed by atoms with Gasteiger partial charge in [-0.25, -0.2) is 0 Å². The lowest BCUT2D eigenvalue weighted by atomic mass is 10.0. The minimum atomic E-state index is -0.314. The monoisotopic (exact) mass is 286 g/mol. The lowest BCUT2D eigenvalue weighted by molar-refractivity contribution is -0.119. The molecule has 2 unspecified atom stereocenters. The van der Waals surface area contributed by atoms with Crippen LogP contribution in [0.5, 0.6) is 11.5 Å². The molecule has 19 heavy (non-hydrogen) atoms. The van der Waals surface area contributed by atoms with Crippen LogP contribution in [0.3, 0.4) is 0 Å². The quantitative estimate of drug-likeness (QED) is 0.871. The molecule has 0 bridgehead atoms. The number of carbonyl (C=O) groups is 1. The average molecular weight is 287 g/mol. The summed E-state index contributed by atoms with van der Waals surface area (Å²) in [6.45, 7) is 3.54. The van der Waals surface area contributed by atoms with E-state index in [0.717, 1.165) is 0 Å². The number of hydrogen-bond donors (Lipinski definition) is 2. The number of amides is 1. The Kier molecular flexibility index (Phi) is 5.44. The molecule has 3 N–H and O–H groups in total. The van der Waals surface area contributed by atoms with E-state index in [1.165, 1.54) is 14.2 Å². The Hall–Kier alpha value is -1.46. The first kappa shape index (κ1) is 15.6. The third kappa shape index (κ3) is 3.75. The number of ether oxygens (including phenoxy) is 2. The predicted octanol–water partition coefficient (Wildman–Crippen LogP) is 2.28. The van der Waals surface area contributed by atoms with Crippen molar-refractivity contribution >= 4 is 23.2 Å². The summed E-state index contributed by atoms with van der Waals surface area (Å²) in [4.78, 5) is 12.0. The number of benzene rings is 1. The first-order valence-electron chi connectivity index (χ1n) is 5.88. The van der Waals surface area contributed by atoms with Crippen LogP contribution >= 0.6 is 11.6 Å². The zero-order valence-corrected chi connectivity index (χ0v) is 12.2. The highest BCUT2D eigenvalue weighted by atomic mass is 35.5. The molecule has 1 aromatic carbocycles. The Morgan fingerprint density at radius 1 is 1.26 bits per heavy atom. The molecule has 5 nitrogen and oxygen atoms in total. The fourth-order valence-corrected chi connectivity index (χ4v) is 1.68. The molecule has 0 aliphatic carbocycles. The molecule has 6 heteroatoms. The topological polar surface area (TPSA) is 73.6 Å². The van der Waals surface area contributed by atoms with Crippen molar-refractivity contribution in [3.8, 4) is 11.5 Å². The summed E-state index contributed by atoms with van der Waals surface area (Å²) in [6.07, 6.45) is 0. The first-order chi connectivity index (χ1) is 8.90. The van der Waals surface area contributed by atoms with Crippen molar-refractivity contribution in [3.05, 3.63) is 17.2 Å². The maximum absolute atomic E-state index is 12.0. The van der Waals surface area contributed by atoms with E-state index in [9.17, 15) is 4.79 Å². The van der Waals surface area contributed by atoms with Gasteiger partial charge >= 0.3 is 0 Å². The van der Waals surface area contributed by atoms with Crippen LogP contribution < -0.4 is 20.5 Å². The minimum Gasteiger partial charge on any atom is -0.495 e. The summed E-state index contributed by atoms with van der Waals surface area (Å²) < 4.78 is 10.3. The number of nitrogens with one attached hydrogen (secondary N) is 1. The van der Waals surface area contributed by atoms with Gasteiger partial charge in [0.05, 0.1) is 30.8 Å². The zero-order valence-electron chi connectivity index (χ0n) is 11.5. The molecule has 1 rings (SSSR count). The fraction of sp³-hybridized carbons (Fsp3) is 0.462. The average Bonchev–Trinajstić information content (AvgIpc) is 2.37. The first-order valence-corrected chi connectivity index (χ1v) is 6.26. The van der Waals surface area contributed by atoms with Gasteiger partial charge in [0.15, 0.2) is 0 Å². The minimum absolute atomic E-state index is 0.186. The van der Waals surface area contributed by atoms with Gasteiger partial charge in [0.1, 0.15) is 11.5 Å². The van der Waals surface area contributed by atoms with Crippen molar-refractivity contribution in [2.45, 2.75) is 19.9 Å². The molecule has 0 aliphatic rings. The van der Waals surface area contributed by atoms with Crippen molar-refractivity contribution in [1.29, 1.82) is 0 Å². The Bertz CT molecular complexity index is 463. The molecule has 1 amide bonds. The summed E-state index contributed by atoms with van der Waals surface area (Å²) in [6, 6.07) is 2.97. The lowest BCUT2D eigenvalue weighted by Crippen LogP contribution is -2.34. The van der Waals surface area contributed by atoms with Crippen LogP contribution in [0.1, 0.15) is 13.8 Å². The van der Waals surface area contributed by atoms with Crippen LogP contribution in [0.4, 0.5) is 5.69 Å². The van der Waals surface area contributed by atoms with Crippen LogP contribution in [-0.2, 0) is 4.79 Å². The number of anilines is 1. The molecule has 0 aliphatic heterocycles. The van der Waals surface area contributed by atoms with Gasteiger partial charge in [-0.3, -0.25) is 4.79 Å². The number of rotatable bonds is 5. The van der Waals surface area contributed by atoms with Gasteiger partial charge < -0.3 is 20.5 Å². The van der Waals surface area contributed by atoms with Crippen LogP contribution in [0.15, 0.2) is 12.1 Å². The fourth-order valence-electron chi connectivity index (χ4n) is 1.44. The molecular formula is C13H19ClN2O3. The Balaban J connectivity index is 3.01. The van der Waals surface area contributed by atoms with E-state index in [1.54, 1.807) is 26.0 Å². The Morgan fingerprint density at radius 2 is 1.84 bits per heavy atom. The van der Waals surface area contributed by atoms with E-state index < -0.39 is 0 Å². The number of hydrogen-bond acceptors (Lipinski definition) is 4. The zero-order chi connectivity index (χ0) is 14.6. The maximum atomic E-state index is 12.0. The van der Waals surface area contributed by atoms with Crippen molar-refractivity contribution < 1.29 is 14.3 Å². The standard InChI is InChI=1S/C13H19ClN2O3/c1-7(8(2)15)13(17)16-10-5-9(14)11(18-3)6-12(10)19-4/h5-8H,15H2,1-4H3,(H,16,17). The highest BCUT2D eigenvalue weighted by Crippen LogP contribution is 2.36. The summed E-state index contributed by atoms with van der Waals surface area (Å²) in [5.74, 6) is 0.461. The summed E-state index contributed by atoms with van der Waals surface area (Å²) >= 11 is 6.03. The third-order valence-corrected chi connectivity index (χ3v) is 3.23. The maximum Gasteiger partial charge on any atom is 0.228 e. The summed E-state index contributed by atoms with van der Waals surface area (Å²) in [5, 5.41) is 3.15. The largest absolute Gasteiger partial charge is 0.495 e. The number of nitrogens with two attached hydrogens (primary N) is 1. The van der Waals surface area contributed by atoms with Crippen molar-refractivity contribution in [1.82, 2.24) is 0 Å². The van der Waals surface area contributed by atoms with E-state index in [2.05, 4.69) is 5.32 Å². The van der Waals surface area contributed by atoms with Crippen molar-refractivity contribution in [2.24, 2.45) is 11.7 Å². The molecule has 0 heterocycles. The molecule has 0 radical (unpaired) electrons. The molecule has 0 fully saturated rings. The molecule has 0 saturated heterocycles. The summed E-state index contributed by atoms with van der Waals surface area (Å²) in [7, 11) is 3.02. The van der Waals surface area contributed by atoms with E-state index in [0.29, 0.717) is 22.2 Å². The highest BCUT2D eigenvalue weighted by molar-refractivity contribution is 6.32.